The third-order valence-electron chi connectivity index (χ3n) is 2.17. The van der Waals surface area contributed by atoms with E-state index in [0.29, 0.717) is 19.0 Å². The summed E-state index contributed by atoms with van der Waals surface area (Å²) in [5.74, 6) is -0.492. The zero-order chi connectivity index (χ0) is 13.8. The molecule has 1 N–H and O–H groups in total. The lowest BCUT2D eigenvalue weighted by Gasteiger charge is -2.19. The van der Waals surface area contributed by atoms with Crippen molar-refractivity contribution in [3.05, 3.63) is 15.8 Å². The third kappa shape index (κ3) is 4.66. The van der Waals surface area contributed by atoms with Crippen LogP contribution in [-0.2, 0) is 11.2 Å². The van der Waals surface area contributed by atoms with Gasteiger partial charge in [0.25, 0.3) is 0 Å². The predicted octanol–water partition coefficient (Wildman–Crippen LogP) is 3.20. The Morgan fingerprint density at radius 3 is 2.56 bits per heavy atom. The number of carbonyl (C=O) groups is 1. The van der Waals surface area contributed by atoms with Crippen LogP contribution in [0.4, 0.5) is 0 Å². The van der Waals surface area contributed by atoms with Gasteiger partial charge in [0.15, 0.2) is 4.88 Å². The second-order valence-corrected chi connectivity index (χ2v) is 6.01. The van der Waals surface area contributed by atoms with Crippen molar-refractivity contribution >= 4 is 17.3 Å². The van der Waals surface area contributed by atoms with Crippen molar-refractivity contribution in [2.45, 2.75) is 39.7 Å². The van der Waals surface area contributed by atoms with Gasteiger partial charge in [0.1, 0.15) is 12.4 Å². The summed E-state index contributed by atoms with van der Waals surface area (Å²) in [4.78, 5) is 12.3. The van der Waals surface area contributed by atoms with Crippen molar-refractivity contribution < 1.29 is 19.4 Å². The number of rotatable bonds is 6. The summed E-state index contributed by atoms with van der Waals surface area (Å²) >= 11 is 1.27. The molecule has 0 saturated carbocycles. The van der Waals surface area contributed by atoms with Crippen molar-refractivity contribution in [1.82, 2.24) is 0 Å². The largest absolute Gasteiger partial charge is 0.489 e. The number of hydrogen-bond acceptors (Lipinski definition) is 4. The van der Waals surface area contributed by atoms with Gasteiger partial charge in [-0.3, -0.25) is 0 Å². The first-order chi connectivity index (χ1) is 8.33. The number of aromatic carboxylic acids is 1. The molecule has 0 fully saturated rings. The van der Waals surface area contributed by atoms with Gasteiger partial charge < -0.3 is 14.6 Å². The van der Waals surface area contributed by atoms with Gasteiger partial charge in [-0.2, -0.15) is 0 Å². The maximum Gasteiger partial charge on any atom is 0.349 e. The first-order valence-corrected chi connectivity index (χ1v) is 6.78. The van der Waals surface area contributed by atoms with E-state index in [1.165, 1.54) is 11.3 Å². The number of carboxylic acids is 1. The van der Waals surface area contributed by atoms with E-state index in [2.05, 4.69) is 0 Å². The van der Waals surface area contributed by atoms with E-state index in [0.717, 1.165) is 11.3 Å². The van der Waals surface area contributed by atoms with Crippen LogP contribution >= 0.6 is 11.3 Å². The Bertz CT molecular complexity index is 404. The Balaban J connectivity index is 2.56. The summed E-state index contributed by atoms with van der Waals surface area (Å²) in [5.41, 5.74) is -0.206. The molecular weight excluding hydrogens is 252 g/mol. The molecule has 1 aromatic rings. The predicted molar refractivity (Wildman–Crippen MR) is 71.9 cm³/mol. The molecule has 0 aromatic carbocycles. The second-order valence-electron chi connectivity index (χ2n) is 4.87. The summed E-state index contributed by atoms with van der Waals surface area (Å²) in [6, 6.07) is 1.80. The van der Waals surface area contributed by atoms with Gasteiger partial charge in [-0.1, -0.05) is 6.92 Å². The Hall–Kier alpha value is -1.07. The van der Waals surface area contributed by atoms with Crippen LogP contribution in [0.3, 0.4) is 0 Å². The molecule has 1 rings (SSSR count). The fourth-order valence-corrected chi connectivity index (χ4v) is 2.23. The van der Waals surface area contributed by atoms with E-state index in [9.17, 15) is 4.79 Å². The third-order valence-corrected chi connectivity index (χ3v) is 3.42. The molecule has 5 heteroatoms. The standard InChI is InChI=1S/C13H20O4S/c1-5-9-8-10(11(18-9)12(14)15)16-6-7-17-13(2,3)4/h8H,5-7H2,1-4H3,(H,14,15). The van der Waals surface area contributed by atoms with E-state index in [-0.39, 0.29) is 10.5 Å². The Labute approximate surface area is 112 Å². The van der Waals surface area contributed by atoms with Gasteiger partial charge in [0.05, 0.1) is 12.2 Å². The van der Waals surface area contributed by atoms with Gasteiger partial charge in [0, 0.05) is 4.88 Å². The van der Waals surface area contributed by atoms with E-state index >= 15 is 0 Å². The van der Waals surface area contributed by atoms with Crippen molar-refractivity contribution in [2.75, 3.05) is 13.2 Å². The zero-order valence-electron chi connectivity index (χ0n) is 11.3. The van der Waals surface area contributed by atoms with Crippen LogP contribution in [0.5, 0.6) is 5.75 Å². The number of ether oxygens (including phenoxy) is 2. The molecule has 0 radical (unpaired) electrons. The van der Waals surface area contributed by atoms with Crippen molar-refractivity contribution in [1.29, 1.82) is 0 Å². The van der Waals surface area contributed by atoms with Gasteiger partial charge in [0.2, 0.25) is 0 Å². The molecule has 1 heterocycles. The van der Waals surface area contributed by atoms with E-state index < -0.39 is 5.97 Å². The number of hydrogen-bond donors (Lipinski definition) is 1. The summed E-state index contributed by atoms with van der Waals surface area (Å²) in [7, 11) is 0. The first kappa shape index (κ1) is 15.0. The van der Waals surface area contributed by atoms with Crippen LogP contribution in [0.25, 0.3) is 0 Å². The fraction of sp³-hybridized carbons (Fsp3) is 0.615. The normalized spacial score (nSPS) is 11.6. The molecule has 0 unspecified atom stereocenters. The zero-order valence-corrected chi connectivity index (χ0v) is 12.1. The number of aryl methyl sites for hydroxylation is 1. The summed E-state index contributed by atoms with van der Waals surface area (Å²) < 4.78 is 11.0. The Morgan fingerprint density at radius 1 is 1.39 bits per heavy atom. The van der Waals surface area contributed by atoms with Crippen molar-refractivity contribution in [3.63, 3.8) is 0 Å². The van der Waals surface area contributed by atoms with Crippen LogP contribution in [0.2, 0.25) is 0 Å². The minimum absolute atomic E-state index is 0.206. The Morgan fingerprint density at radius 2 is 2.06 bits per heavy atom. The average Bonchev–Trinajstić information content (AvgIpc) is 2.66. The minimum atomic E-state index is -0.938. The SMILES string of the molecule is CCc1cc(OCCOC(C)(C)C)c(C(=O)O)s1. The second kappa shape index (κ2) is 6.20. The van der Waals surface area contributed by atoms with E-state index in [1.54, 1.807) is 6.07 Å². The molecule has 18 heavy (non-hydrogen) atoms. The van der Waals surface area contributed by atoms with E-state index in [4.69, 9.17) is 14.6 Å². The van der Waals surface area contributed by atoms with E-state index in [1.807, 2.05) is 27.7 Å². The van der Waals surface area contributed by atoms with Crippen molar-refractivity contribution in [3.8, 4) is 5.75 Å². The van der Waals surface area contributed by atoms with Gasteiger partial charge in [-0.15, -0.1) is 11.3 Å². The monoisotopic (exact) mass is 272 g/mol. The highest BCUT2D eigenvalue weighted by Gasteiger charge is 2.16. The highest BCUT2D eigenvalue weighted by atomic mass is 32.1. The average molecular weight is 272 g/mol. The molecule has 0 aliphatic carbocycles. The summed E-state index contributed by atoms with van der Waals surface area (Å²) in [6.45, 7) is 8.70. The molecule has 0 atom stereocenters. The lowest BCUT2D eigenvalue weighted by atomic mass is 10.2. The Kier molecular flexibility index (Phi) is 5.16. The maximum atomic E-state index is 11.0. The van der Waals surface area contributed by atoms with Crippen LogP contribution in [0.15, 0.2) is 6.07 Å². The van der Waals surface area contributed by atoms with Crippen LogP contribution < -0.4 is 4.74 Å². The molecule has 0 spiro atoms. The van der Waals surface area contributed by atoms with Crippen molar-refractivity contribution in [2.24, 2.45) is 0 Å². The lowest BCUT2D eigenvalue weighted by Crippen LogP contribution is -2.22. The quantitative estimate of drug-likeness (QED) is 0.808. The fourth-order valence-electron chi connectivity index (χ4n) is 1.35. The van der Waals surface area contributed by atoms with Crippen LogP contribution in [-0.4, -0.2) is 29.9 Å². The molecule has 0 aliphatic rings. The molecule has 102 valence electrons. The molecule has 0 amide bonds. The molecule has 4 nitrogen and oxygen atoms in total. The summed E-state index contributed by atoms with van der Waals surface area (Å²) in [5, 5.41) is 9.06. The molecular formula is C13H20O4S. The maximum absolute atomic E-state index is 11.0. The lowest BCUT2D eigenvalue weighted by molar-refractivity contribution is -0.0164. The summed E-state index contributed by atoms with van der Waals surface area (Å²) in [6.07, 6.45) is 0.812. The number of carboxylic acid groups (broad SMARTS) is 1. The molecule has 0 aliphatic heterocycles. The van der Waals surface area contributed by atoms with Gasteiger partial charge >= 0.3 is 5.97 Å². The minimum Gasteiger partial charge on any atom is -0.489 e. The number of thiophene rings is 1. The topological polar surface area (TPSA) is 55.8 Å². The van der Waals surface area contributed by atoms with Gasteiger partial charge in [-0.25, -0.2) is 4.79 Å². The molecule has 0 saturated heterocycles. The highest BCUT2D eigenvalue weighted by Crippen LogP contribution is 2.29. The highest BCUT2D eigenvalue weighted by molar-refractivity contribution is 7.14. The smallest absolute Gasteiger partial charge is 0.349 e. The van der Waals surface area contributed by atoms with Gasteiger partial charge in [-0.05, 0) is 33.3 Å². The molecule has 0 bridgehead atoms. The van der Waals surface area contributed by atoms with Crippen LogP contribution in [0.1, 0.15) is 42.2 Å². The van der Waals surface area contributed by atoms with Crippen LogP contribution in [0, 0.1) is 0 Å². The first-order valence-electron chi connectivity index (χ1n) is 5.96. The molecule has 1 aromatic heterocycles.